The normalized spacial score (nSPS) is 19.1. The zero-order valence-corrected chi connectivity index (χ0v) is 76.4. The highest BCUT2D eigenvalue weighted by atomic mass is 19.1. The number of aromatic nitrogens is 4. The maximum absolute atomic E-state index is 15.0. The molecule has 4 fully saturated rings. The number of morpholine rings is 4. The molecule has 0 radical (unpaired) electrons. The second-order valence-electron chi connectivity index (χ2n) is 34.2. The Hall–Kier alpha value is -13.8. The topological polar surface area (TPSA) is 403 Å². The zero-order valence-electron chi connectivity index (χ0n) is 76.4. The molecule has 8 aromatic carbocycles. The lowest BCUT2D eigenvalue weighted by Crippen LogP contribution is -2.45. The molecular formula is C104H118F2N16O12. The minimum Gasteiger partial charge on any atom is -0.394 e. The van der Waals surface area contributed by atoms with Crippen molar-refractivity contribution in [3.63, 3.8) is 0 Å². The predicted molar refractivity (Wildman–Crippen MR) is 520 cm³/mol. The Labute approximate surface area is 779 Å². The molecule has 4 saturated heterocycles. The number of aliphatic hydroxyl groups is 4. The predicted octanol–water partition coefficient (Wildman–Crippen LogP) is 13.9. The van der Waals surface area contributed by atoms with Crippen molar-refractivity contribution >= 4 is 69.6 Å². The fourth-order valence-electron chi connectivity index (χ4n) is 17.0. The van der Waals surface area contributed by atoms with Crippen molar-refractivity contribution < 1.29 is 67.3 Å². The van der Waals surface area contributed by atoms with Gasteiger partial charge in [0.15, 0.2) is 0 Å². The first-order valence-electron chi connectivity index (χ1n) is 44.9. The van der Waals surface area contributed by atoms with Crippen LogP contribution in [0.15, 0.2) is 255 Å². The third-order valence-corrected chi connectivity index (χ3v) is 23.5. The van der Waals surface area contributed by atoms with Crippen LogP contribution in [0.25, 0.3) is 44.5 Å². The summed E-state index contributed by atoms with van der Waals surface area (Å²) in [5.74, 6) is -1.65. The van der Waals surface area contributed by atoms with Crippen molar-refractivity contribution in [3.8, 4) is 44.5 Å². The Morgan fingerprint density at radius 3 is 0.739 bits per heavy atom. The van der Waals surface area contributed by atoms with Crippen molar-refractivity contribution in [1.82, 2.24) is 41.2 Å². The van der Waals surface area contributed by atoms with Gasteiger partial charge in [-0.1, -0.05) is 158 Å². The molecule has 4 amide bonds. The summed E-state index contributed by atoms with van der Waals surface area (Å²) in [5.41, 5.74) is 38.0. The monoisotopic (exact) mass is 1820 g/mol. The molecule has 0 aliphatic carbocycles. The molecule has 16 N–H and O–H groups in total. The summed E-state index contributed by atoms with van der Waals surface area (Å²) < 4.78 is 53.3. The summed E-state index contributed by atoms with van der Waals surface area (Å²) in [6.07, 6.45) is 7.92. The number of hydrogen-bond acceptors (Lipinski definition) is 24. The van der Waals surface area contributed by atoms with E-state index in [1.54, 1.807) is 85.5 Å². The van der Waals surface area contributed by atoms with E-state index in [1.165, 1.54) is 24.3 Å². The highest BCUT2D eigenvalue weighted by Gasteiger charge is 2.31. The van der Waals surface area contributed by atoms with Crippen LogP contribution in [0.2, 0.25) is 0 Å². The van der Waals surface area contributed by atoms with Gasteiger partial charge in [0.25, 0.3) is 23.6 Å². The number of rotatable bonds is 24. The van der Waals surface area contributed by atoms with Crippen LogP contribution in [0.5, 0.6) is 0 Å². The number of hydrogen-bond donors (Lipinski definition) is 12. The largest absolute Gasteiger partial charge is 0.394 e. The van der Waals surface area contributed by atoms with E-state index in [2.05, 4.69) is 88.5 Å². The summed E-state index contributed by atoms with van der Waals surface area (Å²) in [5, 5.41) is 50.0. The van der Waals surface area contributed by atoms with Gasteiger partial charge in [-0.05, 0) is 173 Å². The van der Waals surface area contributed by atoms with Gasteiger partial charge in [-0.25, -0.2) is 28.7 Å². The molecule has 700 valence electrons. The van der Waals surface area contributed by atoms with Crippen molar-refractivity contribution in [2.75, 3.05) is 121 Å². The van der Waals surface area contributed by atoms with E-state index in [-0.39, 0.29) is 110 Å². The number of carbonyl (C=O) groups is 4. The summed E-state index contributed by atoms with van der Waals surface area (Å²) in [4.78, 5) is 77.3. The fourth-order valence-corrected chi connectivity index (χ4v) is 17.0. The highest BCUT2D eigenvalue weighted by molar-refractivity contribution is 5.98. The number of ether oxygens (including phenoxy) is 4. The van der Waals surface area contributed by atoms with Crippen LogP contribution in [-0.2, 0) is 18.9 Å². The van der Waals surface area contributed by atoms with Crippen LogP contribution in [0.4, 0.5) is 54.8 Å². The molecule has 0 spiro atoms. The number of carbonyl (C=O) groups excluding carboxylic acids is 4. The summed E-state index contributed by atoms with van der Waals surface area (Å²) in [6.45, 7) is 21.4. The molecule has 12 aromatic rings. The van der Waals surface area contributed by atoms with Gasteiger partial charge in [-0.15, -0.1) is 0 Å². The maximum Gasteiger partial charge on any atom is 0.254 e. The first kappa shape index (κ1) is 97.7. The van der Waals surface area contributed by atoms with E-state index in [1.807, 2.05) is 173 Å². The molecule has 4 aliphatic heterocycles. The van der Waals surface area contributed by atoms with E-state index < -0.39 is 47.6 Å². The van der Waals surface area contributed by atoms with Crippen LogP contribution in [0.1, 0.15) is 143 Å². The Kier molecular flexibility index (Phi) is 33.6. The number of aliphatic hydroxyl groups excluding tert-OH is 4. The number of pyridine rings is 4. The molecule has 8 heterocycles. The molecule has 12 atom stereocenters. The molecule has 30 heteroatoms. The molecule has 134 heavy (non-hydrogen) atoms. The Morgan fingerprint density at radius 2 is 0.522 bits per heavy atom. The Morgan fingerprint density at radius 1 is 0.313 bits per heavy atom. The average Bonchev–Trinajstić information content (AvgIpc) is 0.800. The number of nitrogens with zero attached hydrogens (tertiary/aromatic N) is 8. The molecule has 16 rings (SSSR count). The lowest BCUT2D eigenvalue weighted by molar-refractivity contribution is -0.00549. The average molecular weight is 1820 g/mol. The van der Waals surface area contributed by atoms with Crippen LogP contribution in [-0.4, -0.2) is 192 Å². The quantitative estimate of drug-likeness (QED) is 0.0267. The molecule has 0 unspecified atom stereocenters. The van der Waals surface area contributed by atoms with Gasteiger partial charge in [0.2, 0.25) is 0 Å². The molecule has 4 aliphatic rings. The lowest BCUT2D eigenvalue weighted by Gasteiger charge is -2.36. The van der Waals surface area contributed by atoms with Crippen molar-refractivity contribution in [3.05, 3.63) is 311 Å². The smallest absolute Gasteiger partial charge is 0.254 e. The third-order valence-electron chi connectivity index (χ3n) is 23.5. The van der Waals surface area contributed by atoms with Gasteiger partial charge in [0.1, 0.15) is 34.9 Å². The van der Waals surface area contributed by atoms with Crippen LogP contribution >= 0.6 is 0 Å². The van der Waals surface area contributed by atoms with Crippen molar-refractivity contribution in [2.45, 2.75) is 128 Å². The summed E-state index contributed by atoms with van der Waals surface area (Å²) in [7, 11) is 0. The number of anilines is 8. The highest BCUT2D eigenvalue weighted by Crippen LogP contribution is 2.37. The van der Waals surface area contributed by atoms with Crippen LogP contribution < -0.4 is 63.8 Å². The first-order chi connectivity index (χ1) is 64.6. The second-order valence-corrected chi connectivity index (χ2v) is 34.2. The van der Waals surface area contributed by atoms with Crippen molar-refractivity contribution in [1.29, 1.82) is 0 Å². The number of amides is 4. The first-order valence-corrected chi connectivity index (χ1v) is 44.9. The Balaban J connectivity index is 0.000000152. The zero-order chi connectivity index (χ0) is 95.2. The Bertz CT molecular complexity index is 5530. The standard InChI is InChI=1S/2C26H29FN4O3.2C26H30N4O3/c2*1-16-13-31(14-17(2)34-16)20-11-22(25(28)29-12-20)19-8-9-21(23(27)10-19)26(33)30-24(15-32)18-6-4-3-5-7-18;2*1-17-14-30(15-18(2)33-17)22-12-23(25(27)28-13-22)19-8-10-21(11-9-19)26(32)29-24(16-31)20-6-4-3-5-7-20/h2*3-12,16-17,24,32H,13-15H2,1-2H3,(H2,28,29)(H,30,33);2*3-13,17-18,24,31H,14-16H2,1-2H3,(H2,27,28)(H,29,32)/t2*16-,17+,24-;2*17-,18+,24-/m1111/s1. The minimum absolute atomic E-state index is 0.0821. The van der Waals surface area contributed by atoms with Gasteiger partial charge in [0.05, 0.1) is 158 Å². The number of halogens is 2. The van der Waals surface area contributed by atoms with Gasteiger partial charge < -0.3 is 103 Å². The molecule has 4 aromatic heterocycles. The summed E-state index contributed by atoms with van der Waals surface area (Å²) >= 11 is 0. The fraction of sp³-hybridized carbons (Fsp3) is 0.308. The van der Waals surface area contributed by atoms with Crippen LogP contribution in [0.3, 0.4) is 0 Å². The number of nitrogen functional groups attached to an aromatic ring is 4. The SMILES string of the molecule is C[C@@H]1CN(c2cnc(N)c(-c3ccc(C(=O)N[C@H](CO)c4ccccc4)c(F)c3)c2)C[C@H](C)O1.C[C@@H]1CN(c2cnc(N)c(-c3ccc(C(=O)N[C@H](CO)c4ccccc4)c(F)c3)c2)C[C@H](C)O1.C[C@@H]1CN(c2cnc(N)c(-c3ccc(C(=O)N[C@H](CO)c4ccccc4)cc3)c2)C[C@H](C)O1.C[C@@H]1CN(c2cnc(N)c(-c3ccc(C(=O)N[C@H](CO)c4ccccc4)cc3)c2)C[C@H](C)O1. The number of nitrogens with one attached hydrogen (secondary N) is 4. The molecule has 0 bridgehead atoms. The second kappa shape index (κ2) is 46.0. The number of nitrogens with two attached hydrogens (primary N) is 4. The van der Waals surface area contributed by atoms with Gasteiger partial charge in [0, 0.05) is 85.7 Å². The van der Waals surface area contributed by atoms with Gasteiger partial charge in [-0.3, -0.25) is 19.2 Å². The van der Waals surface area contributed by atoms with Crippen LogP contribution in [0, 0.1) is 11.6 Å². The molecule has 28 nitrogen and oxygen atoms in total. The van der Waals surface area contributed by atoms with E-state index in [9.17, 15) is 39.6 Å². The number of benzene rings is 8. The van der Waals surface area contributed by atoms with Crippen molar-refractivity contribution in [2.24, 2.45) is 0 Å². The lowest BCUT2D eigenvalue weighted by atomic mass is 10.0. The van der Waals surface area contributed by atoms with E-state index in [0.29, 0.717) is 45.0 Å². The molecule has 0 saturated carbocycles. The maximum atomic E-state index is 15.0. The van der Waals surface area contributed by atoms with Gasteiger partial charge in [-0.2, -0.15) is 0 Å². The summed E-state index contributed by atoms with van der Waals surface area (Å²) in [6, 6.07) is 65.8. The van der Waals surface area contributed by atoms with E-state index in [0.717, 1.165) is 120 Å². The third kappa shape index (κ3) is 25.5. The minimum atomic E-state index is -0.682. The van der Waals surface area contributed by atoms with E-state index in [4.69, 9.17) is 41.9 Å². The van der Waals surface area contributed by atoms with Gasteiger partial charge >= 0.3 is 0 Å². The molecular weight excluding hydrogens is 1700 g/mol. The van der Waals surface area contributed by atoms with E-state index >= 15 is 8.78 Å².